The van der Waals surface area contributed by atoms with E-state index in [4.69, 9.17) is 11.6 Å². The van der Waals surface area contributed by atoms with Gasteiger partial charge in [0.15, 0.2) is 0 Å². The molecule has 0 atom stereocenters. The summed E-state index contributed by atoms with van der Waals surface area (Å²) in [5, 5.41) is 0.758. The van der Waals surface area contributed by atoms with Crippen LogP contribution in [0.5, 0.6) is 0 Å². The van der Waals surface area contributed by atoms with Crippen LogP contribution in [-0.4, -0.2) is 0 Å². The lowest BCUT2D eigenvalue weighted by atomic mass is 10.1. The SMILES string of the molecule is Cc1ccc(/C(Br)=C/c2ccc(Cl)cc2)cc1. The molecular formula is C15H12BrCl. The molecule has 0 aliphatic rings. The van der Waals surface area contributed by atoms with E-state index >= 15 is 0 Å². The van der Waals surface area contributed by atoms with Crippen LogP contribution >= 0.6 is 27.5 Å². The minimum atomic E-state index is 0.758. The highest BCUT2D eigenvalue weighted by molar-refractivity contribution is 9.15. The Hall–Kier alpha value is -1.05. The molecule has 0 N–H and O–H groups in total. The van der Waals surface area contributed by atoms with Gasteiger partial charge in [0.1, 0.15) is 0 Å². The first-order valence-corrected chi connectivity index (χ1v) is 6.52. The zero-order valence-corrected chi connectivity index (χ0v) is 11.8. The Labute approximate surface area is 115 Å². The lowest BCUT2D eigenvalue weighted by Crippen LogP contribution is -1.78. The number of aryl methyl sites for hydroxylation is 1. The zero-order valence-electron chi connectivity index (χ0n) is 9.45. The Morgan fingerprint density at radius 2 is 1.59 bits per heavy atom. The first kappa shape index (κ1) is 12.4. The van der Waals surface area contributed by atoms with Gasteiger partial charge in [0, 0.05) is 9.51 Å². The van der Waals surface area contributed by atoms with Crippen LogP contribution in [0.15, 0.2) is 48.5 Å². The van der Waals surface area contributed by atoms with Crippen LogP contribution in [0.2, 0.25) is 5.02 Å². The Kier molecular flexibility index (Phi) is 4.03. The molecule has 0 saturated heterocycles. The third kappa shape index (κ3) is 3.45. The normalized spacial score (nSPS) is 11.6. The molecule has 0 unspecified atom stereocenters. The summed E-state index contributed by atoms with van der Waals surface area (Å²) in [6.45, 7) is 2.08. The van der Waals surface area contributed by atoms with Crippen molar-refractivity contribution in [3.8, 4) is 0 Å². The summed E-state index contributed by atoms with van der Waals surface area (Å²) in [5.74, 6) is 0. The van der Waals surface area contributed by atoms with E-state index in [1.54, 1.807) is 0 Å². The van der Waals surface area contributed by atoms with Gasteiger partial charge in [-0.3, -0.25) is 0 Å². The van der Waals surface area contributed by atoms with Gasteiger partial charge in [0.25, 0.3) is 0 Å². The lowest BCUT2D eigenvalue weighted by molar-refractivity contribution is 1.46. The molecule has 17 heavy (non-hydrogen) atoms. The van der Waals surface area contributed by atoms with Gasteiger partial charge in [-0.25, -0.2) is 0 Å². The van der Waals surface area contributed by atoms with Gasteiger partial charge in [-0.1, -0.05) is 69.5 Å². The van der Waals surface area contributed by atoms with Crippen molar-refractivity contribution < 1.29 is 0 Å². The Bertz CT molecular complexity index is 524. The summed E-state index contributed by atoms with van der Waals surface area (Å²) in [6.07, 6.45) is 2.08. The zero-order chi connectivity index (χ0) is 12.3. The second kappa shape index (κ2) is 5.52. The Morgan fingerprint density at radius 3 is 2.18 bits per heavy atom. The summed E-state index contributed by atoms with van der Waals surface area (Å²) in [7, 11) is 0. The van der Waals surface area contributed by atoms with E-state index in [2.05, 4.69) is 53.2 Å². The molecule has 0 heterocycles. The topological polar surface area (TPSA) is 0 Å². The van der Waals surface area contributed by atoms with E-state index in [1.165, 1.54) is 11.1 Å². The summed E-state index contributed by atoms with van der Waals surface area (Å²) < 4.78 is 1.07. The lowest BCUT2D eigenvalue weighted by Gasteiger charge is -2.01. The van der Waals surface area contributed by atoms with Crippen molar-refractivity contribution in [2.75, 3.05) is 0 Å². The summed E-state index contributed by atoms with van der Waals surface area (Å²) in [5.41, 5.74) is 3.56. The highest BCUT2D eigenvalue weighted by Gasteiger charge is 1.97. The minimum Gasteiger partial charge on any atom is -0.0843 e. The van der Waals surface area contributed by atoms with Crippen molar-refractivity contribution in [3.05, 3.63) is 70.2 Å². The molecule has 0 aliphatic heterocycles. The smallest absolute Gasteiger partial charge is 0.0406 e. The van der Waals surface area contributed by atoms with Gasteiger partial charge in [0.2, 0.25) is 0 Å². The molecule has 0 fully saturated rings. The van der Waals surface area contributed by atoms with Crippen LogP contribution in [0.4, 0.5) is 0 Å². The molecule has 0 bridgehead atoms. The Balaban J connectivity index is 2.27. The maximum absolute atomic E-state index is 5.85. The van der Waals surface area contributed by atoms with E-state index in [0.29, 0.717) is 0 Å². The second-order valence-corrected chi connectivity index (χ2v) is 5.20. The summed E-state index contributed by atoms with van der Waals surface area (Å²) >= 11 is 9.44. The molecule has 86 valence electrons. The molecule has 0 aliphatic carbocycles. The minimum absolute atomic E-state index is 0.758. The molecule has 0 radical (unpaired) electrons. The highest BCUT2D eigenvalue weighted by Crippen LogP contribution is 2.24. The van der Waals surface area contributed by atoms with E-state index in [0.717, 1.165) is 15.1 Å². The van der Waals surface area contributed by atoms with Crippen LogP contribution in [-0.2, 0) is 0 Å². The van der Waals surface area contributed by atoms with Crippen molar-refractivity contribution in [3.63, 3.8) is 0 Å². The maximum Gasteiger partial charge on any atom is 0.0406 e. The molecule has 2 aromatic rings. The maximum atomic E-state index is 5.85. The number of hydrogen-bond acceptors (Lipinski definition) is 0. The summed E-state index contributed by atoms with van der Waals surface area (Å²) in [6, 6.07) is 16.2. The van der Waals surface area contributed by atoms with Gasteiger partial charge in [-0.05, 0) is 36.3 Å². The van der Waals surface area contributed by atoms with Crippen LogP contribution in [0.25, 0.3) is 10.6 Å². The van der Waals surface area contributed by atoms with Crippen molar-refractivity contribution >= 4 is 38.1 Å². The number of halogens is 2. The molecule has 0 saturated carbocycles. The third-order valence-corrected chi connectivity index (χ3v) is 3.43. The fourth-order valence-electron chi connectivity index (χ4n) is 1.50. The molecular weight excluding hydrogens is 296 g/mol. The molecule has 2 rings (SSSR count). The predicted octanol–water partition coefficient (Wildman–Crippen LogP) is 5.54. The van der Waals surface area contributed by atoms with Gasteiger partial charge < -0.3 is 0 Å². The molecule has 0 spiro atoms. The molecule has 2 heteroatoms. The van der Waals surface area contributed by atoms with E-state index < -0.39 is 0 Å². The second-order valence-electron chi connectivity index (χ2n) is 3.91. The average Bonchev–Trinajstić information content (AvgIpc) is 2.33. The summed E-state index contributed by atoms with van der Waals surface area (Å²) in [4.78, 5) is 0. The first-order valence-electron chi connectivity index (χ1n) is 5.35. The van der Waals surface area contributed by atoms with Crippen LogP contribution in [0.1, 0.15) is 16.7 Å². The van der Waals surface area contributed by atoms with Crippen molar-refractivity contribution in [2.45, 2.75) is 6.92 Å². The van der Waals surface area contributed by atoms with Crippen LogP contribution in [0, 0.1) is 6.92 Å². The van der Waals surface area contributed by atoms with Gasteiger partial charge in [-0.2, -0.15) is 0 Å². The third-order valence-electron chi connectivity index (χ3n) is 2.49. The van der Waals surface area contributed by atoms with Gasteiger partial charge in [-0.15, -0.1) is 0 Å². The number of benzene rings is 2. The predicted molar refractivity (Wildman–Crippen MR) is 79.4 cm³/mol. The van der Waals surface area contributed by atoms with E-state index in [9.17, 15) is 0 Å². The fourth-order valence-corrected chi connectivity index (χ4v) is 2.16. The average molecular weight is 308 g/mol. The Morgan fingerprint density at radius 1 is 1.00 bits per heavy atom. The van der Waals surface area contributed by atoms with Crippen LogP contribution in [0.3, 0.4) is 0 Å². The van der Waals surface area contributed by atoms with Crippen LogP contribution < -0.4 is 0 Å². The number of hydrogen-bond donors (Lipinski definition) is 0. The van der Waals surface area contributed by atoms with Crippen molar-refractivity contribution in [2.24, 2.45) is 0 Å². The molecule has 2 aromatic carbocycles. The molecule has 0 amide bonds. The van der Waals surface area contributed by atoms with E-state index in [-0.39, 0.29) is 0 Å². The monoisotopic (exact) mass is 306 g/mol. The molecule has 0 nitrogen and oxygen atoms in total. The van der Waals surface area contributed by atoms with Gasteiger partial charge in [0.05, 0.1) is 0 Å². The molecule has 0 aromatic heterocycles. The van der Waals surface area contributed by atoms with Crippen molar-refractivity contribution in [1.82, 2.24) is 0 Å². The number of rotatable bonds is 2. The largest absolute Gasteiger partial charge is 0.0843 e. The quantitative estimate of drug-likeness (QED) is 0.639. The fraction of sp³-hybridized carbons (Fsp3) is 0.0667. The highest BCUT2D eigenvalue weighted by atomic mass is 79.9. The first-order chi connectivity index (χ1) is 8.15. The standard InChI is InChI=1S/C15H12BrCl/c1-11-2-6-13(7-3-11)15(16)10-12-4-8-14(17)9-5-12/h2-10H,1H3/b15-10-. The van der Waals surface area contributed by atoms with E-state index in [1.807, 2.05) is 24.3 Å². The van der Waals surface area contributed by atoms with Crippen molar-refractivity contribution in [1.29, 1.82) is 0 Å². The van der Waals surface area contributed by atoms with Gasteiger partial charge >= 0.3 is 0 Å².